The maximum atomic E-state index is 12.4. The molecule has 1 saturated heterocycles. The largest absolute Gasteiger partial charge is 0.504 e. The lowest BCUT2D eigenvalue weighted by Crippen LogP contribution is -2.37. The SMILES string of the molecule is O=C1CC[C@@H](C(=O)Nc2cccc(N3C=CN=Cc4ccccc43)c2O)N1. The molecular weight excluding hydrogens is 344 g/mol. The molecule has 136 valence electrons. The molecule has 1 atom stereocenters. The van der Waals surface area contributed by atoms with Gasteiger partial charge in [-0.25, -0.2) is 0 Å². The molecule has 27 heavy (non-hydrogen) atoms. The van der Waals surface area contributed by atoms with E-state index in [2.05, 4.69) is 15.6 Å². The quantitative estimate of drug-likeness (QED) is 0.732. The number of amides is 2. The zero-order chi connectivity index (χ0) is 18.8. The van der Waals surface area contributed by atoms with Crippen molar-refractivity contribution in [3.63, 3.8) is 0 Å². The Labute approximate surface area is 156 Å². The molecule has 0 bridgehead atoms. The Hall–Kier alpha value is -3.61. The summed E-state index contributed by atoms with van der Waals surface area (Å²) in [6.45, 7) is 0. The summed E-state index contributed by atoms with van der Waals surface area (Å²) in [7, 11) is 0. The lowest BCUT2D eigenvalue weighted by atomic mass is 10.1. The number of para-hydroxylation sites is 2. The van der Waals surface area contributed by atoms with Crippen molar-refractivity contribution in [1.29, 1.82) is 0 Å². The van der Waals surface area contributed by atoms with E-state index in [9.17, 15) is 14.7 Å². The molecule has 2 heterocycles. The summed E-state index contributed by atoms with van der Waals surface area (Å²) in [6, 6.07) is 12.2. The Bertz CT molecular complexity index is 967. The first-order valence-corrected chi connectivity index (χ1v) is 8.64. The average molecular weight is 362 g/mol. The molecule has 0 aromatic heterocycles. The van der Waals surface area contributed by atoms with Crippen LogP contribution >= 0.6 is 0 Å². The van der Waals surface area contributed by atoms with E-state index in [0.29, 0.717) is 18.5 Å². The number of phenols is 1. The Balaban J connectivity index is 1.65. The molecule has 0 radical (unpaired) electrons. The standard InChI is InChI=1S/C20H18N4O3/c25-18-9-8-15(22-18)20(27)23-14-5-3-7-17(19(14)26)24-11-10-21-12-13-4-1-2-6-16(13)24/h1-7,10-12,15,26H,8-9H2,(H,22,25)(H,23,27)/t15-/m0/s1. The van der Waals surface area contributed by atoms with Gasteiger partial charge in [0.15, 0.2) is 5.75 Å². The number of benzene rings is 2. The van der Waals surface area contributed by atoms with Crippen molar-refractivity contribution >= 4 is 35.1 Å². The minimum absolute atomic E-state index is 0.0588. The molecule has 7 heteroatoms. The van der Waals surface area contributed by atoms with Crippen molar-refractivity contribution in [3.05, 3.63) is 60.4 Å². The number of aliphatic imine (C=N–C) groups is 1. The highest BCUT2D eigenvalue weighted by molar-refractivity contribution is 6.01. The van der Waals surface area contributed by atoms with Gasteiger partial charge >= 0.3 is 0 Å². The van der Waals surface area contributed by atoms with E-state index in [4.69, 9.17) is 0 Å². The molecule has 2 aliphatic rings. The second-order valence-corrected chi connectivity index (χ2v) is 6.33. The van der Waals surface area contributed by atoms with E-state index < -0.39 is 6.04 Å². The van der Waals surface area contributed by atoms with Crippen molar-refractivity contribution in [2.75, 3.05) is 10.2 Å². The maximum absolute atomic E-state index is 12.4. The first kappa shape index (κ1) is 16.8. The number of nitrogens with one attached hydrogen (secondary N) is 2. The summed E-state index contributed by atoms with van der Waals surface area (Å²) in [5, 5.41) is 16.1. The molecule has 7 nitrogen and oxygen atoms in total. The van der Waals surface area contributed by atoms with Gasteiger partial charge in [0.2, 0.25) is 11.8 Å². The number of anilines is 3. The molecule has 2 amide bonds. The topological polar surface area (TPSA) is 94.0 Å². The van der Waals surface area contributed by atoms with Crippen LogP contribution in [0.2, 0.25) is 0 Å². The van der Waals surface area contributed by atoms with Gasteiger partial charge in [-0.1, -0.05) is 24.3 Å². The molecule has 3 N–H and O–H groups in total. The smallest absolute Gasteiger partial charge is 0.247 e. The fraction of sp³-hybridized carbons (Fsp3) is 0.150. The van der Waals surface area contributed by atoms with Crippen LogP contribution in [0, 0.1) is 0 Å². The molecule has 0 unspecified atom stereocenters. The number of fused-ring (bicyclic) bond motifs is 1. The predicted octanol–water partition coefficient (Wildman–Crippen LogP) is 2.65. The molecular formula is C20H18N4O3. The first-order chi connectivity index (χ1) is 13.1. The highest BCUT2D eigenvalue weighted by Crippen LogP contribution is 2.40. The van der Waals surface area contributed by atoms with Crippen LogP contribution in [0.25, 0.3) is 0 Å². The number of rotatable bonds is 3. The van der Waals surface area contributed by atoms with Crippen molar-refractivity contribution in [2.45, 2.75) is 18.9 Å². The molecule has 1 fully saturated rings. The molecule has 2 aromatic rings. The third kappa shape index (κ3) is 3.27. The van der Waals surface area contributed by atoms with Gasteiger partial charge in [0.1, 0.15) is 6.04 Å². The second-order valence-electron chi connectivity index (χ2n) is 6.33. The summed E-state index contributed by atoms with van der Waals surface area (Å²) in [6.07, 6.45) is 5.92. The lowest BCUT2D eigenvalue weighted by Gasteiger charge is -2.23. The van der Waals surface area contributed by atoms with E-state index in [1.165, 1.54) is 0 Å². The van der Waals surface area contributed by atoms with Crippen LogP contribution in [0.15, 0.2) is 59.9 Å². The summed E-state index contributed by atoms with van der Waals surface area (Å²) >= 11 is 0. The van der Waals surface area contributed by atoms with Crippen LogP contribution in [0.1, 0.15) is 18.4 Å². The lowest BCUT2D eigenvalue weighted by molar-refractivity contribution is -0.122. The number of carbonyl (C=O) groups excluding carboxylic acids is 2. The molecule has 4 rings (SSSR count). The zero-order valence-corrected chi connectivity index (χ0v) is 14.4. The fourth-order valence-corrected chi connectivity index (χ4v) is 3.19. The Morgan fingerprint density at radius 2 is 2.00 bits per heavy atom. The third-order valence-electron chi connectivity index (χ3n) is 4.56. The number of aromatic hydroxyl groups is 1. The van der Waals surface area contributed by atoms with E-state index in [-0.39, 0.29) is 23.3 Å². The Morgan fingerprint density at radius 3 is 2.81 bits per heavy atom. The van der Waals surface area contributed by atoms with Crippen LogP contribution < -0.4 is 15.5 Å². The molecule has 0 aliphatic carbocycles. The van der Waals surface area contributed by atoms with Crippen LogP contribution in [0.4, 0.5) is 17.1 Å². The average Bonchev–Trinajstić information content (AvgIpc) is 3.00. The predicted molar refractivity (Wildman–Crippen MR) is 103 cm³/mol. The highest BCUT2D eigenvalue weighted by Gasteiger charge is 2.28. The van der Waals surface area contributed by atoms with Gasteiger partial charge in [0.05, 0.1) is 17.1 Å². The van der Waals surface area contributed by atoms with Crippen molar-refractivity contribution < 1.29 is 14.7 Å². The number of carbonyl (C=O) groups is 2. The van der Waals surface area contributed by atoms with Gasteiger partial charge < -0.3 is 20.6 Å². The van der Waals surface area contributed by atoms with Crippen molar-refractivity contribution in [3.8, 4) is 5.75 Å². The molecule has 2 aliphatic heterocycles. The number of phenolic OH excluding ortho intramolecular Hbond substituents is 1. The van der Waals surface area contributed by atoms with Gasteiger partial charge in [-0.2, -0.15) is 0 Å². The summed E-state index contributed by atoms with van der Waals surface area (Å²) in [5.41, 5.74) is 2.56. The number of hydrogen-bond acceptors (Lipinski definition) is 5. The van der Waals surface area contributed by atoms with Crippen LogP contribution in [-0.4, -0.2) is 29.2 Å². The van der Waals surface area contributed by atoms with Crippen LogP contribution in [0.3, 0.4) is 0 Å². The van der Waals surface area contributed by atoms with Crippen LogP contribution in [-0.2, 0) is 9.59 Å². The van der Waals surface area contributed by atoms with Gasteiger partial charge in [-0.05, 0) is 24.6 Å². The first-order valence-electron chi connectivity index (χ1n) is 8.64. The van der Waals surface area contributed by atoms with E-state index >= 15 is 0 Å². The van der Waals surface area contributed by atoms with Crippen LogP contribution in [0.5, 0.6) is 5.75 Å². The van der Waals surface area contributed by atoms with Crippen molar-refractivity contribution in [1.82, 2.24) is 5.32 Å². The number of hydrogen-bond donors (Lipinski definition) is 3. The maximum Gasteiger partial charge on any atom is 0.247 e. The van der Waals surface area contributed by atoms with Gasteiger partial charge in [0, 0.05) is 30.6 Å². The summed E-state index contributed by atoms with van der Waals surface area (Å²) in [5.74, 6) is -0.542. The van der Waals surface area contributed by atoms with E-state index in [0.717, 1.165) is 11.3 Å². The summed E-state index contributed by atoms with van der Waals surface area (Å²) in [4.78, 5) is 29.7. The Kier molecular flexibility index (Phi) is 4.33. The molecule has 0 saturated carbocycles. The second kappa shape index (κ2) is 6.95. The number of nitrogens with zero attached hydrogens (tertiary/aromatic N) is 2. The van der Waals surface area contributed by atoms with Gasteiger partial charge in [-0.3, -0.25) is 14.6 Å². The Morgan fingerprint density at radius 1 is 1.19 bits per heavy atom. The van der Waals surface area contributed by atoms with E-state index in [1.807, 2.05) is 29.2 Å². The minimum atomic E-state index is -0.576. The fourth-order valence-electron chi connectivity index (χ4n) is 3.19. The normalized spacial score (nSPS) is 18.0. The minimum Gasteiger partial charge on any atom is -0.504 e. The monoisotopic (exact) mass is 362 g/mol. The third-order valence-corrected chi connectivity index (χ3v) is 4.56. The summed E-state index contributed by atoms with van der Waals surface area (Å²) < 4.78 is 0. The zero-order valence-electron chi connectivity index (χ0n) is 14.4. The van der Waals surface area contributed by atoms with Gasteiger partial charge in [-0.15, -0.1) is 0 Å². The van der Waals surface area contributed by atoms with Gasteiger partial charge in [0.25, 0.3) is 0 Å². The van der Waals surface area contributed by atoms with Crippen molar-refractivity contribution in [2.24, 2.45) is 4.99 Å². The highest BCUT2D eigenvalue weighted by atomic mass is 16.3. The molecule has 2 aromatic carbocycles. The molecule has 0 spiro atoms. The van der Waals surface area contributed by atoms with E-state index in [1.54, 1.807) is 36.8 Å².